The van der Waals surface area contributed by atoms with Gasteiger partial charge in [0.25, 0.3) is 0 Å². The first-order valence-corrected chi connectivity index (χ1v) is 10.00. The van der Waals surface area contributed by atoms with E-state index in [0.717, 1.165) is 50.4 Å². The Labute approximate surface area is 171 Å². The Bertz CT molecular complexity index is 759. The highest BCUT2D eigenvalue weighted by Crippen LogP contribution is 2.12. The summed E-state index contributed by atoms with van der Waals surface area (Å²) in [5.41, 5.74) is 2.03. The average molecular weight is 400 g/mol. The number of nitrogens with zero attached hydrogens (tertiary/aromatic N) is 3. The maximum atomic E-state index is 12.8. The molecule has 1 aromatic heterocycles. The minimum atomic E-state index is 0.00809. The molecule has 148 valence electrons. The molecule has 3 rings (SSSR count). The van der Waals surface area contributed by atoms with Crippen molar-refractivity contribution in [2.75, 3.05) is 39.4 Å². The van der Waals surface area contributed by atoms with Crippen LogP contribution in [-0.4, -0.2) is 60.1 Å². The number of pyridine rings is 1. The summed E-state index contributed by atoms with van der Waals surface area (Å²) < 4.78 is 5.40. The van der Waals surface area contributed by atoms with Crippen LogP contribution < -0.4 is 0 Å². The van der Waals surface area contributed by atoms with E-state index in [-0.39, 0.29) is 5.91 Å². The fourth-order valence-electron chi connectivity index (χ4n) is 3.13. The number of morpholine rings is 1. The Hall–Kier alpha value is -2.21. The lowest BCUT2D eigenvalue weighted by atomic mass is 10.2. The summed E-state index contributed by atoms with van der Waals surface area (Å²) in [7, 11) is 0. The molecule has 0 bridgehead atoms. The maximum Gasteiger partial charge on any atom is 0.246 e. The molecule has 0 atom stereocenters. The van der Waals surface area contributed by atoms with E-state index in [1.807, 2.05) is 47.4 Å². The number of hydrogen-bond acceptors (Lipinski definition) is 4. The fourth-order valence-corrected chi connectivity index (χ4v) is 3.26. The van der Waals surface area contributed by atoms with Crippen molar-refractivity contribution in [3.8, 4) is 0 Å². The predicted molar refractivity (Wildman–Crippen MR) is 112 cm³/mol. The van der Waals surface area contributed by atoms with E-state index < -0.39 is 0 Å². The number of halogens is 1. The van der Waals surface area contributed by atoms with Crippen LogP contribution in [0.5, 0.6) is 0 Å². The molecule has 2 aromatic rings. The van der Waals surface area contributed by atoms with E-state index in [4.69, 9.17) is 16.3 Å². The lowest BCUT2D eigenvalue weighted by molar-refractivity contribution is -0.126. The van der Waals surface area contributed by atoms with Gasteiger partial charge < -0.3 is 9.64 Å². The predicted octanol–water partition coefficient (Wildman–Crippen LogP) is 3.50. The molecule has 1 fully saturated rings. The molecular weight excluding hydrogens is 374 g/mol. The molecule has 5 nitrogen and oxygen atoms in total. The first kappa shape index (κ1) is 20.5. The first-order valence-electron chi connectivity index (χ1n) is 9.62. The normalized spacial score (nSPS) is 15.0. The number of benzene rings is 1. The van der Waals surface area contributed by atoms with Crippen LogP contribution in [0, 0.1) is 0 Å². The highest BCUT2D eigenvalue weighted by molar-refractivity contribution is 6.30. The number of ether oxygens (including phenoxy) is 1. The number of aromatic nitrogens is 1. The topological polar surface area (TPSA) is 45.7 Å². The fraction of sp³-hybridized carbons (Fsp3) is 0.364. The Balaban J connectivity index is 1.60. The smallest absolute Gasteiger partial charge is 0.246 e. The summed E-state index contributed by atoms with van der Waals surface area (Å²) in [6, 6.07) is 11.3. The highest BCUT2D eigenvalue weighted by atomic mass is 35.5. The average Bonchev–Trinajstić information content (AvgIpc) is 2.74. The van der Waals surface area contributed by atoms with E-state index in [2.05, 4.69) is 9.88 Å². The van der Waals surface area contributed by atoms with Crippen molar-refractivity contribution < 1.29 is 9.53 Å². The van der Waals surface area contributed by atoms with E-state index in [0.29, 0.717) is 18.1 Å². The van der Waals surface area contributed by atoms with Gasteiger partial charge in [-0.25, -0.2) is 0 Å². The van der Waals surface area contributed by atoms with Gasteiger partial charge in [-0.15, -0.1) is 0 Å². The Morgan fingerprint density at radius 2 is 1.86 bits per heavy atom. The van der Waals surface area contributed by atoms with Gasteiger partial charge in [0.1, 0.15) is 0 Å². The molecule has 1 amide bonds. The van der Waals surface area contributed by atoms with Gasteiger partial charge in [-0.3, -0.25) is 14.7 Å². The lowest BCUT2D eigenvalue weighted by Gasteiger charge is -2.28. The van der Waals surface area contributed by atoms with Crippen LogP contribution in [0.25, 0.3) is 6.08 Å². The van der Waals surface area contributed by atoms with Gasteiger partial charge in [-0.05, 0) is 47.9 Å². The molecule has 0 aliphatic carbocycles. The standard InChI is InChI=1S/C22H26ClN3O2/c23-21-5-2-19(3-6-21)4-7-22(27)26(18-20-8-10-24-11-9-20)13-1-12-25-14-16-28-17-15-25/h2-11H,1,12-18H2/b7-4-. The van der Waals surface area contributed by atoms with Crippen molar-refractivity contribution in [3.63, 3.8) is 0 Å². The number of carbonyl (C=O) groups excluding carboxylic acids is 1. The molecule has 0 unspecified atom stereocenters. The van der Waals surface area contributed by atoms with Crippen LogP contribution in [0.15, 0.2) is 54.9 Å². The number of hydrogen-bond donors (Lipinski definition) is 0. The molecule has 0 saturated carbocycles. The van der Waals surface area contributed by atoms with Crippen LogP contribution in [0.4, 0.5) is 0 Å². The van der Waals surface area contributed by atoms with E-state index >= 15 is 0 Å². The van der Waals surface area contributed by atoms with Crippen LogP contribution >= 0.6 is 11.6 Å². The molecule has 0 spiro atoms. The lowest BCUT2D eigenvalue weighted by Crippen LogP contribution is -2.38. The molecule has 6 heteroatoms. The number of amides is 1. The summed E-state index contributed by atoms with van der Waals surface area (Å²) in [5, 5.41) is 0.686. The van der Waals surface area contributed by atoms with Gasteiger partial charge in [-0.1, -0.05) is 23.7 Å². The van der Waals surface area contributed by atoms with Crippen molar-refractivity contribution in [3.05, 3.63) is 71.0 Å². The Morgan fingerprint density at radius 1 is 1.14 bits per heavy atom. The maximum absolute atomic E-state index is 12.8. The van der Waals surface area contributed by atoms with E-state index in [1.54, 1.807) is 18.5 Å². The van der Waals surface area contributed by atoms with Crippen molar-refractivity contribution in [2.24, 2.45) is 0 Å². The second-order valence-electron chi connectivity index (χ2n) is 6.81. The minimum absolute atomic E-state index is 0.00809. The van der Waals surface area contributed by atoms with E-state index in [1.165, 1.54) is 0 Å². The molecule has 1 aromatic carbocycles. The molecular formula is C22H26ClN3O2. The van der Waals surface area contributed by atoms with Crippen LogP contribution in [-0.2, 0) is 16.1 Å². The first-order chi connectivity index (χ1) is 13.7. The number of rotatable bonds is 8. The number of carbonyl (C=O) groups is 1. The van der Waals surface area contributed by atoms with Crippen LogP contribution in [0.3, 0.4) is 0 Å². The quantitative estimate of drug-likeness (QED) is 0.637. The zero-order chi connectivity index (χ0) is 19.6. The van der Waals surface area contributed by atoms with Crippen molar-refractivity contribution in [1.29, 1.82) is 0 Å². The summed E-state index contributed by atoms with van der Waals surface area (Å²) in [5.74, 6) is 0.00809. The second-order valence-corrected chi connectivity index (χ2v) is 7.24. The van der Waals surface area contributed by atoms with Gasteiger partial charge >= 0.3 is 0 Å². The summed E-state index contributed by atoms with van der Waals surface area (Å²) in [6.07, 6.45) is 7.93. The summed E-state index contributed by atoms with van der Waals surface area (Å²) in [4.78, 5) is 21.2. The van der Waals surface area contributed by atoms with Crippen LogP contribution in [0.1, 0.15) is 17.5 Å². The van der Waals surface area contributed by atoms with Crippen molar-refractivity contribution in [1.82, 2.24) is 14.8 Å². The van der Waals surface area contributed by atoms with Gasteiger partial charge in [0.05, 0.1) is 13.2 Å². The SMILES string of the molecule is O=C(/C=C\c1ccc(Cl)cc1)N(CCCN1CCOCC1)Cc1ccncc1. The van der Waals surface area contributed by atoms with Gasteiger partial charge in [-0.2, -0.15) is 0 Å². The van der Waals surface area contributed by atoms with Gasteiger partial charge in [0, 0.05) is 56.2 Å². The molecule has 1 aliphatic rings. The summed E-state index contributed by atoms with van der Waals surface area (Å²) >= 11 is 5.92. The Morgan fingerprint density at radius 3 is 2.57 bits per heavy atom. The van der Waals surface area contributed by atoms with Gasteiger partial charge in [0.2, 0.25) is 5.91 Å². The van der Waals surface area contributed by atoms with E-state index in [9.17, 15) is 4.79 Å². The monoisotopic (exact) mass is 399 g/mol. The zero-order valence-electron chi connectivity index (χ0n) is 16.0. The summed E-state index contributed by atoms with van der Waals surface area (Å²) in [6.45, 7) is 5.79. The third kappa shape index (κ3) is 6.75. The molecule has 2 heterocycles. The largest absolute Gasteiger partial charge is 0.379 e. The van der Waals surface area contributed by atoms with Gasteiger partial charge in [0.15, 0.2) is 0 Å². The highest BCUT2D eigenvalue weighted by Gasteiger charge is 2.14. The van der Waals surface area contributed by atoms with Crippen molar-refractivity contribution in [2.45, 2.75) is 13.0 Å². The molecule has 1 aliphatic heterocycles. The Kier molecular flexibility index (Phi) is 8.03. The molecule has 0 N–H and O–H groups in total. The molecule has 0 radical (unpaired) electrons. The van der Waals surface area contributed by atoms with Crippen LogP contribution in [0.2, 0.25) is 5.02 Å². The second kappa shape index (κ2) is 11.0. The zero-order valence-corrected chi connectivity index (χ0v) is 16.7. The molecule has 1 saturated heterocycles. The third-order valence-corrected chi connectivity index (χ3v) is 4.98. The van der Waals surface area contributed by atoms with Crippen molar-refractivity contribution >= 4 is 23.6 Å². The minimum Gasteiger partial charge on any atom is -0.379 e. The third-order valence-electron chi connectivity index (χ3n) is 4.73. The molecule has 28 heavy (non-hydrogen) atoms.